The van der Waals surface area contributed by atoms with Gasteiger partial charge in [0, 0.05) is 5.69 Å². The molecule has 0 aromatic heterocycles. The lowest BCUT2D eigenvalue weighted by Gasteiger charge is -2.19. The van der Waals surface area contributed by atoms with Gasteiger partial charge in [-0.25, -0.2) is 4.79 Å². The van der Waals surface area contributed by atoms with E-state index in [1.54, 1.807) is 30.3 Å². The van der Waals surface area contributed by atoms with Gasteiger partial charge in [0.2, 0.25) is 0 Å². The molecule has 2 aromatic rings. The fourth-order valence-corrected chi connectivity index (χ4v) is 2.52. The fourth-order valence-electron chi connectivity index (χ4n) is 2.52. The van der Waals surface area contributed by atoms with Crippen LogP contribution in [0.25, 0.3) is 0 Å². The Bertz CT molecular complexity index is 777. The van der Waals surface area contributed by atoms with Crippen LogP contribution in [0.5, 0.6) is 5.75 Å². The van der Waals surface area contributed by atoms with E-state index < -0.39 is 12.0 Å². The van der Waals surface area contributed by atoms with Crippen molar-refractivity contribution in [2.24, 2.45) is 0 Å². The zero-order chi connectivity index (χ0) is 18.4. The first-order valence-corrected chi connectivity index (χ1v) is 8.23. The number of carboxylic acids is 1. The second-order valence-electron chi connectivity index (χ2n) is 5.99. The topological polar surface area (TPSA) is 82.4 Å². The number of anilines is 1. The normalized spacial score (nSPS) is 11.6. The van der Waals surface area contributed by atoms with Gasteiger partial charge in [-0.3, -0.25) is 0 Å². The largest absolute Gasteiger partial charge is 0.491 e. The zero-order valence-corrected chi connectivity index (χ0v) is 14.6. The number of aryl methyl sites for hydroxylation is 1. The Kier molecular flexibility index (Phi) is 6.02. The summed E-state index contributed by atoms with van der Waals surface area (Å²) >= 11 is 0. The van der Waals surface area contributed by atoms with E-state index in [9.17, 15) is 9.90 Å². The number of carbonyl (C=O) groups is 1. The smallest absolute Gasteiger partial charge is 0.330 e. The van der Waals surface area contributed by atoms with Crippen LogP contribution in [-0.4, -0.2) is 17.2 Å². The summed E-state index contributed by atoms with van der Waals surface area (Å²) in [5, 5.41) is 21.5. The van der Waals surface area contributed by atoms with Gasteiger partial charge in [-0.1, -0.05) is 13.0 Å². The number of nitrogens with zero attached hydrogens (tertiary/aromatic N) is 1. The second kappa shape index (κ2) is 8.20. The lowest BCUT2D eigenvalue weighted by molar-refractivity contribution is -0.138. The first-order chi connectivity index (χ1) is 11.9. The van der Waals surface area contributed by atoms with E-state index in [0.717, 1.165) is 17.7 Å². The lowest BCUT2D eigenvalue weighted by Crippen LogP contribution is -2.21. The van der Waals surface area contributed by atoms with Crippen molar-refractivity contribution in [3.8, 4) is 11.8 Å². The zero-order valence-electron chi connectivity index (χ0n) is 14.6. The van der Waals surface area contributed by atoms with Crippen LogP contribution in [0, 0.1) is 11.3 Å². The summed E-state index contributed by atoms with van der Waals surface area (Å²) in [7, 11) is 0. The van der Waals surface area contributed by atoms with Crippen molar-refractivity contribution in [2.45, 2.75) is 39.3 Å². The van der Waals surface area contributed by atoms with Gasteiger partial charge in [0.25, 0.3) is 0 Å². The molecule has 2 N–H and O–H groups in total. The molecule has 5 nitrogen and oxygen atoms in total. The number of hydrogen-bond donors (Lipinski definition) is 2. The van der Waals surface area contributed by atoms with Crippen LogP contribution in [0.1, 0.15) is 43.5 Å². The molecular formula is C20H22N2O3. The van der Waals surface area contributed by atoms with Gasteiger partial charge in [0.05, 0.1) is 17.7 Å². The monoisotopic (exact) mass is 338 g/mol. The van der Waals surface area contributed by atoms with Crippen LogP contribution in [-0.2, 0) is 11.2 Å². The van der Waals surface area contributed by atoms with E-state index in [2.05, 4.69) is 5.32 Å². The summed E-state index contributed by atoms with van der Waals surface area (Å²) in [6.07, 6.45) is 0.808. The fraction of sp³-hybridized carbons (Fsp3) is 0.300. The third kappa shape index (κ3) is 4.74. The van der Waals surface area contributed by atoms with E-state index in [1.165, 1.54) is 0 Å². The third-order valence-electron chi connectivity index (χ3n) is 3.73. The number of aliphatic carboxylic acids is 1. The molecule has 0 bridgehead atoms. The molecule has 2 aromatic carbocycles. The van der Waals surface area contributed by atoms with Crippen molar-refractivity contribution in [1.82, 2.24) is 0 Å². The first-order valence-electron chi connectivity index (χ1n) is 8.23. The van der Waals surface area contributed by atoms with Crippen LogP contribution < -0.4 is 10.1 Å². The van der Waals surface area contributed by atoms with Crippen LogP contribution in [0.15, 0.2) is 42.5 Å². The molecule has 0 amide bonds. The quantitative estimate of drug-likeness (QED) is 0.792. The Morgan fingerprint density at radius 3 is 2.44 bits per heavy atom. The highest BCUT2D eigenvalue weighted by atomic mass is 16.5. The average molecular weight is 338 g/mol. The summed E-state index contributed by atoms with van der Waals surface area (Å²) in [5.41, 5.74) is 2.80. The van der Waals surface area contributed by atoms with Gasteiger partial charge >= 0.3 is 5.97 Å². The molecule has 130 valence electrons. The van der Waals surface area contributed by atoms with Gasteiger partial charge in [-0.2, -0.15) is 5.26 Å². The molecule has 25 heavy (non-hydrogen) atoms. The van der Waals surface area contributed by atoms with Crippen molar-refractivity contribution >= 4 is 11.7 Å². The van der Waals surface area contributed by atoms with Gasteiger partial charge in [-0.05, 0) is 67.8 Å². The summed E-state index contributed by atoms with van der Waals surface area (Å²) in [5.74, 6) is -0.187. The Balaban J connectivity index is 2.30. The van der Waals surface area contributed by atoms with Crippen molar-refractivity contribution < 1.29 is 14.6 Å². The second-order valence-corrected chi connectivity index (χ2v) is 5.99. The number of carboxylic acid groups (broad SMARTS) is 1. The van der Waals surface area contributed by atoms with Crippen molar-refractivity contribution in [3.05, 3.63) is 59.2 Å². The average Bonchev–Trinajstić information content (AvgIpc) is 2.60. The van der Waals surface area contributed by atoms with Crippen LogP contribution in [0.2, 0.25) is 0 Å². The van der Waals surface area contributed by atoms with Crippen molar-refractivity contribution in [1.29, 1.82) is 5.26 Å². The molecular weight excluding hydrogens is 316 g/mol. The Labute approximate surface area is 147 Å². The molecule has 0 radical (unpaired) electrons. The molecule has 0 aliphatic heterocycles. The molecule has 0 heterocycles. The van der Waals surface area contributed by atoms with E-state index in [-0.39, 0.29) is 6.10 Å². The Morgan fingerprint density at radius 2 is 1.92 bits per heavy atom. The van der Waals surface area contributed by atoms with E-state index >= 15 is 0 Å². The van der Waals surface area contributed by atoms with Crippen LogP contribution in [0.3, 0.4) is 0 Å². The Morgan fingerprint density at radius 1 is 1.24 bits per heavy atom. The van der Waals surface area contributed by atoms with E-state index in [0.29, 0.717) is 16.8 Å². The van der Waals surface area contributed by atoms with Gasteiger partial charge in [0.1, 0.15) is 5.75 Å². The molecule has 2 rings (SSSR count). The summed E-state index contributed by atoms with van der Waals surface area (Å²) < 4.78 is 5.78. The van der Waals surface area contributed by atoms with Crippen molar-refractivity contribution in [3.63, 3.8) is 0 Å². The van der Waals surface area contributed by atoms with Crippen LogP contribution in [0.4, 0.5) is 5.69 Å². The number of hydrogen-bond acceptors (Lipinski definition) is 4. The number of nitriles is 1. The third-order valence-corrected chi connectivity index (χ3v) is 3.73. The molecule has 0 aliphatic carbocycles. The highest BCUT2D eigenvalue weighted by Crippen LogP contribution is 2.27. The standard InChI is InChI=1S/C20H22N2O3/c1-4-15-11-16(7-10-18(15)25-13(2)3)19(20(23)24)22-17-8-5-14(12-21)6-9-17/h5-11,13,19,22H,4H2,1-3H3,(H,23,24). The summed E-state index contributed by atoms with van der Waals surface area (Å²) in [4.78, 5) is 11.7. The minimum atomic E-state index is -0.969. The summed E-state index contributed by atoms with van der Waals surface area (Å²) in [6, 6.07) is 13.3. The number of ether oxygens (including phenoxy) is 1. The molecule has 0 saturated heterocycles. The van der Waals surface area contributed by atoms with Gasteiger partial charge in [-0.15, -0.1) is 0 Å². The van der Waals surface area contributed by atoms with Gasteiger partial charge in [0.15, 0.2) is 6.04 Å². The Hall–Kier alpha value is -3.00. The summed E-state index contributed by atoms with van der Waals surface area (Å²) in [6.45, 7) is 5.93. The molecule has 0 saturated carbocycles. The lowest BCUT2D eigenvalue weighted by atomic mass is 10.0. The molecule has 0 fully saturated rings. The predicted molar refractivity (Wildman–Crippen MR) is 96.7 cm³/mol. The van der Waals surface area contributed by atoms with Crippen LogP contribution >= 0.6 is 0 Å². The minimum absolute atomic E-state index is 0.0585. The van der Waals surface area contributed by atoms with E-state index in [4.69, 9.17) is 10.00 Å². The SMILES string of the molecule is CCc1cc(C(Nc2ccc(C#N)cc2)C(=O)O)ccc1OC(C)C. The maximum atomic E-state index is 11.7. The maximum absolute atomic E-state index is 11.7. The predicted octanol–water partition coefficient (Wildman–Crippen LogP) is 4.15. The molecule has 0 aliphatic rings. The number of rotatable bonds is 7. The first kappa shape index (κ1) is 18.3. The van der Waals surface area contributed by atoms with Crippen molar-refractivity contribution in [2.75, 3.05) is 5.32 Å². The molecule has 5 heteroatoms. The molecule has 0 spiro atoms. The number of benzene rings is 2. The molecule has 1 atom stereocenters. The van der Waals surface area contributed by atoms with E-state index in [1.807, 2.05) is 39.0 Å². The highest BCUT2D eigenvalue weighted by molar-refractivity contribution is 5.79. The maximum Gasteiger partial charge on any atom is 0.330 e. The van der Waals surface area contributed by atoms with Gasteiger partial charge < -0.3 is 15.2 Å². The highest BCUT2D eigenvalue weighted by Gasteiger charge is 2.21. The minimum Gasteiger partial charge on any atom is -0.491 e. The number of nitrogens with one attached hydrogen (secondary N) is 1. The molecule has 1 unspecified atom stereocenters.